The van der Waals surface area contributed by atoms with Gasteiger partial charge in [-0.1, -0.05) is 0 Å². The minimum absolute atomic E-state index is 0.143. The molecule has 0 bridgehead atoms. The van der Waals surface area contributed by atoms with Crippen molar-refractivity contribution in [2.45, 2.75) is 32.2 Å². The molecule has 1 saturated heterocycles. The van der Waals surface area contributed by atoms with Gasteiger partial charge in [-0.05, 0) is 32.3 Å². The third-order valence-electron chi connectivity index (χ3n) is 4.03. The number of carbonyl (C=O) groups excluding carboxylic acids is 1. The zero-order valence-corrected chi connectivity index (χ0v) is 12.5. The fourth-order valence-electron chi connectivity index (χ4n) is 2.82. The SMILES string of the molecule is CC(Nc1nccc2c1ncn2C)C(=O)N1CCCCC1. The summed E-state index contributed by atoms with van der Waals surface area (Å²) in [5, 5.41) is 3.22. The van der Waals surface area contributed by atoms with Gasteiger partial charge in [0.2, 0.25) is 5.91 Å². The molecular formula is C15H21N5O. The molecule has 2 aromatic heterocycles. The normalized spacial score (nSPS) is 17.0. The van der Waals surface area contributed by atoms with Gasteiger partial charge in [-0.25, -0.2) is 9.97 Å². The first kappa shape index (κ1) is 13.9. The molecule has 1 aliphatic rings. The Kier molecular flexibility index (Phi) is 3.77. The summed E-state index contributed by atoms with van der Waals surface area (Å²) in [7, 11) is 1.95. The lowest BCUT2D eigenvalue weighted by Crippen LogP contribution is -2.44. The molecule has 0 radical (unpaired) electrons. The summed E-state index contributed by atoms with van der Waals surface area (Å²) >= 11 is 0. The lowest BCUT2D eigenvalue weighted by atomic mass is 10.1. The molecule has 6 heteroatoms. The van der Waals surface area contributed by atoms with Crippen molar-refractivity contribution in [3.05, 3.63) is 18.6 Å². The van der Waals surface area contributed by atoms with Crippen molar-refractivity contribution in [1.82, 2.24) is 19.4 Å². The third kappa shape index (κ3) is 2.70. The second kappa shape index (κ2) is 5.71. The molecule has 6 nitrogen and oxygen atoms in total. The van der Waals surface area contributed by atoms with Crippen molar-refractivity contribution < 1.29 is 4.79 Å². The lowest BCUT2D eigenvalue weighted by Gasteiger charge is -2.29. The highest BCUT2D eigenvalue weighted by molar-refractivity contribution is 5.90. The van der Waals surface area contributed by atoms with E-state index in [-0.39, 0.29) is 11.9 Å². The van der Waals surface area contributed by atoms with Crippen LogP contribution in [0.5, 0.6) is 0 Å². The van der Waals surface area contributed by atoms with Gasteiger partial charge in [0.05, 0.1) is 11.8 Å². The highest BCUT2D eigenvalue weighted by Crippen LogP contribution is 2.20. The fourth-order valence-corrected chi connectivity index (χ4v) is 2.82. The van der Waals surface area contributed by atoms with Gasteiger partial charge in [0.25, 0.3) is 0 Å². The van der Waals surface area contributed by atoms with Gasteiger partial charge in [0.1, 0.15) is 11.6 Å². The highest BCUT2D eigenvalue weighted by Gasteiger charge is 2.23. The molecule has 2 aromatic rings. The van der Waals surface area contributed by atoms with E-state index in [4.69, 9.17) is 0 Å². The second-order valence-electron chi connectivity index (χ2n) is 5.63. The van der Waals surface area contributed by atoms with E-state index in [9.17, 15) is 4.79 Å². The summed E-state index contributed by atoms with van der Waals surface area (Å²) in [4.78, 5) is 23.1. The number of aromatic nitrogens is 3. The first-order chi connectivity index (χ1) is 10.2. The monoisotopic (exact) mass is 287 g/mol. The van der Waals surface area contributed by atoms with Gasteiger partial charge >= 0.3 is 0 Å². The summed E-state index contributed by atoms with van der Waals surface area (Å²) in [6, 6.07) is 1.63. The Bertz CT molecular complexity index is 645. The highest BCUT2D eigenvalue weighted by atomic mass is 16.2. The molecule has 0 aromatic carbocycles. The third-order valence-corrected chi connectivity index (χ3v) is 4.03. The average molecular weight is 287 g/mol. The Hall–Kier alpha value is -2.11. The van der Waals surface area contributed by atoms with Crippen LogP contribution in [-0.2, 0) is 11.8 Å². The van der Waals surface area contributed by atoms with E-state index in [1.54, 1.807) is 12.5 Å². The van der Waals surface area contributed by atoms with Crippen LogP contribution in [0.1, 0.15) is 26.2 Å². The zero-order chi connectivity index (χ0) is 14.8. The number of nitrogens with zero attached hydrogens (tertiary/aromatic N) is 4. The van der Waals surface area contributed by atoms with Crippen LogP contribution in [-0.4, -0.2) is 44.5 Å². The molecule has 3 heterocycles. The van der Waals surface area contributed by atoms with E-state index in [0.29, 0.717) is 5.82 Å². The molecule has 1 amide bonds. The Morgan fingerprint density at radius 3 is 2.81 bits per heavy atom. The average Bonchev–Trinajstić information content (AvgIpc) is 2.90. The molecular weight excluding hydrogens is 266 g/mol. The van der Waals surface area contributed by atoms with Crippen molar-refractivity contribution >= 4 is 22.8 Å². The number of pyridine rings is 1. The van der Waals surface area contributed by atoms with Crippen molar-refractivity contribution in [3.63, 3.8) is 0 Å². The van der Waals surface area contributed by atoms with Crippen LogP contribution in [0.3, 0.4) is 0 Å². The molecule has 1 unspecified atom stereocenters. The van der Waals surface area contributed by atoms with E-state index in [2.05, 4.69) is 15.3 Å². The quantitative estimate of drug-likeness (QED) is 0.934. The minimum atomic E-state index is -0.289. The van der Waals surface area contributed by atoms with Crippen LogP contribution in [0.4, 0.5) is 5.82 Å². The molecule has 1 fully saturated rings. The Balaban J connectivity index is 1.76. The minimum Gasteiger partial charge on any atom is -0.357 e. The summed E-state index contributed by atoms with van der Waals surface area (Å²) in [6.07, 6.45) is 6.93. The summed E-state index contributed by atoms with van der Waals surface area (Å²) < 4.78 is 1.94. The Morgan fingerprint density at radius 1 is 1.29 bits per heavy atom. The molecule has 1 N–H and O–H groups in total. The van der Waals surface area contributed by atoms with Gasteiger partial charge in [0, 0.05) is 26.3 Å². The van der Waals surface area contributed by atoms with Crippen LogP contribution in [0.25, 0.3) is 11.0 Å². The number of fused-ring (bicyclic) bond motifs is 1. The number of rotatable bonds is 3. The molecule has 1 aliphatic heterocycles. The lowest BCUT2D eigenvalue weighted by molar-refractivity contribution is -0.132. The van der Waals surface area contributed by atoms with Crippen molar-refractivity contribution in [2.75, 3.05) is 18.4 Å². The van der Waals surface area contributed by atoms with Crippen molar-refractivity contribution in [2.24, 2.45) is 7.05 Å². The summed E-state index contributed by atoms with van der Waals surface area (Å²) in [6.45, 7) is 3.62. The standard InChI is InChI=1S/C15H21N5O/c1-11(15(21)20-8-4-3-5-9-20)18-14-13-12(6-7-16-14)19(2)10-17-13/h6-7,10-11H,3-5,8-9H2,1-2H3,(H,16,18). The molecule has 21 heavy (non-hydrogen) atoms. The second-order valence-corrected chi connectivity index (χ2v) is 5.63. The number of hydrogen-bond acceptors (Lipinski definition) is 4. The predicted octanol–water partition coefficient (Wildman–Crippen LogP) is 1.78. The largest absolute Gasteiger partial charge is 0.357 e. The van der Waals surface area contributed by atoms with Crippen LogP contribution in [0, 0.1) is 0 Å². The molecule has 1 atom stereocenters. The van der Waals surface area contributed by atoms with E-state index >= 15 is 0 Å². The van der Waals surface area contributed by atoms with Gasteiger partial charge in [-0.15, -0.1) is 0 Å². The van der Waals surface area contributed by atoms with Crippen LogP contribution in [0.15, 0.2) is 18.6 Å². The number of piperidine rings is 1. The van der Waals surface area contributed by atoms with Gasteiger partial charge in [-0.2, -0.15) is 0 Å². The van der Waals surface area contributed by atoms with Crippen molar-refractivity contribution in [3.8, 4) is 0 Å². The maximum atomic E-state index is 12.5. The molecule has 0 spiro atoms. The van der Waals surface area contributed by atoms with Crippen molar-refractivity contribution in [1.29, 1.82) is 0 Å². The summed E-state index contributed by atoms with van der Waals surface area (Å²) in [5.41, 5.74) is 1.81. The smallest absolute Gasteiger partial charge is 0.244 e. The number of aryl methyl sites for hydroxylation is 1. The number of hydrogen-bond donors (Lipinski definition) is 1. The Morgan fingerprint density at radius 2 is 2.05 bits per heavy atom. The predicted molar refractivity (Wildman–Crippen MR) is 82.0 cm³/mol. The molecule has 0 saturated carbocycles. The van der Waals surface area contributed by atoms with Crippen LogP contribution in [0.2, 0.25) is 0 Å². The maximum Gasteiger partial charge on any atom is 0.244 e. The maximum absolute atomic E-state index is 12.5. The first-order valence-corrected chi connectivity index (χ1v) is 7.48. The fraction of sp³-hybridized carbons (Fsp3) is 0.533. The number of carbonyl (C=O) groups is 1. The van der Waals surface area contributed by atoms with Gasteiger partial charge < -0.3 is 14.8 Å². The van der Waals surface area contributed by atoms with Crippen LogP contribution < -0.4 is 5.32 Å². The number of imidazole rings is 1. The summed E-state index contributed by atoms with van der Waals surface area (Å²) in [5.74, 6) is 0.815. The molecule has 3 rings (SSSR count). The molecule has 0 aliphatic carbocycles. The number of amides is 1. The van der Waals surface area contributed by atoms with E-state index in [1.807, 2.05) is 29.5 Å². The van der Waals surface area contributed by atoms with E-state index in [1.165, 1.54) is 6.42 Å². The number of anilines is 1. The van der Waals surface area contributed by atoms with E-state index in [0.717, 1.165) is 37.0 Å². The Labute approximate surface area is 124 Å². The topological polar surface area (TPSA) is 63.1 Å². The number of nitrogens with one attached hydrogen (secondary N) is 1. The number of likely N-dealkylation sites (tertiary alicyclic amines) is 1. The van der Waals surface area contributed by atoms with Crippen LogP contribution >= 0.6 is 0 Å². The van der Waals surface area contributed by atoms with E-state index < -0.39 is 0 Å². The van der Waals surface area contributed by atoms with Gasteiger partial charge in [-0.3, -0.25) is 4.79 Å². The zero-order valence-electron chi connectivity index (χ0n) is 12.5. The van der Waals surface area contributed by atoms with Gasteiger partial charge in [0.15, 0.2) is 5.82 Å². The molecule has 112 valence electrons. The first-order valence-electron chi connectivity index (χ1n) is 7.48.